The van der Waals surface area contributed by atoms with Gasteiger partial charge in [0.2, 0.25) is 0 Å². The third kappa shape index (κ3) is 2.72. The molecule has 0 fully saturated rings. The van der Waals surface area contributed by atoms with Crippen LogP contribution in [0.3, 0.4) is 0 Å². The molecule has 2 aromatic rings. The molecule has 4 heteroatoms. The first-order valence-corrected chi connectivity index (χ1v) is 7.35. The van der Waals surface area contributed by atoms with Crippen LogP contribution in [0.2, 0.25) is 0 Å². The summed E-state index contributed by atoms with van der Waals surface area (Å²) in [6.45, 7) is 1.00. The van der Waals surface area contributed by atoms with Gasteiger partial charge < -0.3 is 9.80 Å². The molecule has 0 saturated heterocycles. The molecule has 0 aliphatic carbocycles. The number of hydrogen-bond acceptors (Lipinski definition) is 2. The number of amides is 2. The summed E-state index contributed by atoms with van der Waals surface area (Å²) >= 11 is 0. The predicted molar refractivity (Wildman–Crippen MR) is 85.4 cm³/mol. The molecule has 1 aliphatic rings. The molecule has 112 valence electrons. The maximum Gasteiger partial charge on any atom is 0.316 e. The summed E-state index contributed by atoms with van der Waals surface area (Å²) in [4.78, 5) is 27.9. The van der Waals surface area contributed by atoms with E-state index in [1.165, 1.54) is 4.90 Å². The van der Waals surface area contributed by atoms with E-state index in [0.717, 1.165) is 23.2 Å². The van der Waals surface area contributed by atoms with Crippen LogP contribution in [0.25, 0.3) is 0 Å². The van der Waals surface area contributed by atoms with E-state index in [4.69, 9.17) is 0 Å². The summed E-state index contributed by atoms with van der Waals surface area (Å²) in [6.07, 6.45) is 0.803. The molecule has 0 N–H and O–H groups in total. The lowest BCUT2D eigenvalue weighted by Crippen LogP contribution is -2.43. The lowest BCUT2D eigenvalue weighted by atomic mass is 10.2. The minimum absolute atomic E-state index is 0.431. The largest absolute Gasteiger partial charge is 0.333 e. The number of rotatable bonds is 2. The lowest BCUT2D eigenvalue weighted by molar-refractivity contribution is -0.143. The highest BCUT2D eigenvalue weighted by Crippen LogP contribution is 2.27. The van der Waals surface area contributed by atoms with E-state index in [2.05, 4.69) is 0 Å². The topological polar surface area (TPSA) is 40.6 Å². The highest BCUT2D eigenvalue weighted by atomic mass is 16.2. The lowest BCUT2D eigenvalue weighted by Gasteiger charge is -2.21. The van der Waals surface area contributed by atoms with E-state index < -0.39 is 11.8 Å². The Morgan fingerprint density at radius 3 is 2.50 bits per heavy atom. The summed E-state index contributed by atoms with van der Waals surface area (Å²) in [5.41, 5.74) is 2.98. The van der Waals surface area contributed by atoms with E-state index in [1.54, 1.807) is 11.9 Å². The Bertz CT molecular complexity index is 697. The second-order valence-corrected chi connectivity index (χ2v) is 5.48. The van der Waals surface area contributed by atoms with E-state index in [0.29, 0.717) is 13.1 Å². The summed E-state index contributed by atoms with van der Waals surface area (Å²) in [7, 11) is 1.66. The molecular formula is C18H18N2O2. The molecule has 0 atom stereocenters. The first-order chi connectivity index (χ1) is 10.7. The van der Waals surface area contributed by atoms with E-state index in [-0.39, 0.29) is 0 Å². The zero-order valence-corrected chi connectivity index (χ0v) is 12.5. The molecule has 0 bridgehead atoms. The van der Waals surface area contributed by atoms with E-state index in [9.17, 15) is 9.59 Å². The molecule has 0 aromatic heterocycles. The zero-order valence-electron chi connectivity index (χ0n) is 12.5. The molecule has 0 radical (unpaired) electrons. The number of likely N-dealkylation sites (N-methyl/N-ethyl adjacent to an activating group) is 1. The van der Waals surface area contributed by atoms with Gasteiger partial charge >= 0.3 is 11.8 Å². The number of para-hydroxylation sites is 1. The van der Waals surface area contributed by atoms with Crippen molar-refractivity contribution in [1.29, 1.82) is 0 Å². The van der Waals surface area contributed by atoms with Crippen molar-refractivity contribution >= 4 is 17.5 Å². The van der Waals surface area contributed by atoms with Gasteiger partial charge in [-0.1, -0.05) is 48.5 Å². The number of carbonyl (C=O) groups is 2. The number of fused-ring (bicyclic) bond motifs is 1. The highest BCUT2D eigenvalue weighted by Gasteiger charge is 2.30. The summed E-state index contributed by atoms with van der Waals surface area (Å²) in [5, 5.41) is 0. The Morgan fingerprint density at radius 1 is 1.05 bits per heavy atom. The second kappa shape index (κ2) is 6.02. The van der Waals surface area contributed by atoms with Crippen LogP contribution < -0.4 is 4.90 Å². The van der Waals surface area contributed by atoms with Gasteiger partial charge in [-0.3, -0.25) is 9.59 Å². The number of anilines is 1. The summed E-state index contributed by atoms with van der Waals surface area (Å²) in [6, 6.07) is 17.4. The van der Waals surface area contributed by atoms with E-state index >= 15 is 0 Å². The molecule has 2 amide bonds. The van der Waals surface area contributed by atoms with Gasteiger partial charge in [0.15, 0.2) is 0 Å². The molecule has 2 aromatic carbocycles. The fraction of sp³-hybridized carbons (Fsp3) is 0.222. The molecule has 0 saturated carbocycles. The Balaban J connectivity index is 1.71. The SMILES string of the molecule is CN(Cc1ccccc1)C(=O)C(=O)N1CCc2ccccc21. The van der Waals surface area contributed by atoms with Crippen LogP contribution in [0.15, 0.2) is 54.6 Å². The Labute approximate surface area is 130 Å². The Morgan fingerprint density at radius 2 is 1.73 bits per heavy atom. The van der Waals surface area contributed by atoms with Crippen LogP contribution in [0.1, 0.15) is 11.1 Å². The van der Waals surface area contributed by atoms with Crippen molar-refractivity contribution in [3.05, 3.63) is 65.7 Å². The molecule has 22 heavy (non-hydrogen) atoms. The van der Waals surface area contributed by atoms with Gasteiger partial charge in [-0.15, -0.1) is 0 Å². The van der Waals surface area contributed by atoms with Crippen LogP contribution in [0, 0.1) is 0 Å². The molecule has 0 spiro atoms. The van der Waals surface area contributed by atoms with Gasteiger partial charge in [-0.25, -0.2) is 0 Å². The fourth-order valence-corrected chi connectivity index (χ4v) is 2.76. The van der Waals surface area contributed by atoms with Gasteiger partial charge in [-0.2, -0.15) is 0 Å². The van der Waals surface area contributed by atoms with Gasteiger partial charge in [0.25, 0.3) is 0 Å². The average Bonchev–Trinajstić information content (AvgIpc) is 2.98. The maximum atomic E-state index is 12.5. The molecule has 1 heterocycles. The number of hydrogen-bond donors (Lipinski definition) is 0. The highest BCUT2D eigenvalue weighted by molar-refractivity contribution is 6.40. The molecule has 0 unspecified atom stereocenters. The molecular weight excluding hydrogens is 276 g/mol. The minimum Gasteiger partial charge on any atom is -0.333 e. The van der Waals surface area contributed by atoms with Gasteiger partial charge in [0.05, 0.1) is 0 Å². The number of nitrogens with zero attached hydrogens (tertiary/aromatic N) is 2. The third-order valence-electron chi connectivity index (χ3n) is 3.92. The smallest absolute Gasteiger partial charge is 0.316 e. The van der Waals surface area contributed by atoms with Crippen LogP contribution in [-0.4, -0.2) is 30.3 Å². The van der Waals surface area contributed by atoms with E-state index in [1.807, 2.05) is 54.6 Å². The minimum atomic E-state index is -0.472. The quantitative estimate of drug-likeness (QED) is 0.797. The average molecular weight is 294 g/mol. The van der Waals surface area contributed by atoms with Crippen molar-refractivity contribution in [2.45, 2.75) is 13.0 Å². The zero-order chi connectivity index (χ0) is 15.5. The van der Waals surface area contributed by atoms with Crippen molar-refractivity contribution in [3.63, 3.8) is 0 Å². The summed E-state index contributed by atoms with van der Waals surface area (Å²) < 4.78 is 0. The van der Waals surface area contributed by atoms with Crippen LogP contribution in [0.4, 0.5) is 5.69 Å². The molecule has 3 rings (SSSR count). The molecule has 1 aliphatic heterocycles. The third-order valence-corrected chi connectivity index (χ3v) is 3.92. The van der Waals surface area contributed by atoms with Crippen LogP contribution >= 0.6 is 0 Å². The van der Waals surface area contributed by atoms with Crippen molar-refractivity contribution < 1.29 is 9.59 Å². The standard InChI is InChI=1S/C18H18N2O2/c1-19(13-14-7-3-2-4-8-14)17(21)18(22)20-12-11-15-9-5-6-10-16(15)20/h2-10H,11-13H2,1H3. The Kier molecular flexibility index (Phi) is 3.92. The van der Waals surface area contributed by atoms with Crippen molar-refractivity contribution in [2.24, 2.45) is 0 Å². The van der Waals surface area contributed by atoms with Gasteiger partial charge in [0, 0.05) is 25.8 Å². The second-order valence-electron chi connectivity index (χ2n) is 5.48. The monoisotopic (exact) mass is 294 g/mol. The van der Waals surface area contributed by atoms with Crippen molar-refractivity contribution in [1.82, 2.24) is 4.90 Å². The first-order valence-electron chi connectivity index (χ1n) is 7.35. The number of carbonyl (C=O) groups excluding carboxylic acids is 2. The predicted octanol–water partition coefficient (Wildman–Crippen LogP) is 2.23. The maximum absolute atomic E-state index is 12.5. The van der Waals surface area contributed by atoms with Gasteiger partial charge in [-0.05, 0) is 23.6 Å². The normalized spacial score (nSPS) is 12.9. The first kappa shape index (κ1) is 14.3. The van der Waals surface area contributed by atoms with Crippen molar-refractivity contribution in [2.75, 3.05) is 18.5 Å². The van der Waals surface area contributed by atoms with Crippen LogP contribution in [0.5, 0.6) is 0 Å². The molecule has 4 nitrogen and oxygen atoms in total. The number of benzene rings is 2. The Hall–Kier alpha value is -2.62. The van der Waals surface area contributed by atoms with Crippen molar-refractivity contribution in [3.8, 4) is 0 Å². The van der Waals surface area contributed by atoms with Crippen LogP contribution in [-0.2, 0) is 22.6 Å². The van der Waals surface area contributed by atoms with Gasteiger partial charge in [0.1, 0.15) is 0 Å². The fourth-order valence-electron chi connectivity index (χ4n) is 2.76. The summed E-state index contributed by atoms with van der Waals surface area (Å²) in [5.74, 6) is -0.927.